The number of hydrogen-bond donors (Lipinski definition) is 1. The molecule has 0 atom stereocenters. The molecule has 0 N–H and O–H groups in total. The summed E-state index contributed by atoms with van der Waals surface area (Å²) < 4.78 is 4.81. The van der Waals surface area contributed by atoms with E-state index in [2.05, 4.69) is 6.92 Å². The molecule has 0 aromatic carbocycles. The molecule has 0 fully saturated rings. The van der Waals surface area contributed by atoms with E-state index in [1.165, 1.54) is 0 Å². The van der Waals surface area contributed by atoms with Crippen molar-refractivity contribution in [2.75, 3.05) is 5.75 Å². The van der Waals surface area contributed by atoms with E-state index in [1.54, 1.807) is 5.55 Å². The first-order chi connectivity index (χ1) is 5.31. The Labute approximate surface area is 71.9 Å². The Morgan fingerprint density at radius 3 is 2.82 bits per heavy atom. The molecule has 0 rings (SSSR count). The van der Waals surface area contributed by atoms with Crippen LogP contribution in [0.25, 0.3) is 0 Å². The Hall–Kier alpha value is -0.310. The predicted octanol–water partition coefficient (Wildman–Crippen LogP) is 1.96. The van der Waals surface area contributed by atoms with Gasteiger partial charge in [0.2, 0.25) is 0 Å². The lowest BCUT2D eigenvalue weighted by molar-refractivity contribution is -0.134. The van der Waals surface area contributed by atoms with Crippen LogP contribution in [0.3, 0.4) is 0 Å². The van der Waals surface area contributed by atoms with E-state index >= 15 is 0 Å². The summed E-state index contributed by atoms with van der Waals surface area (Å²) in [5.41, 5.74) is 1.57. The van der Waals surface area contributed by atoms with E-state index in [4.69, 9.17) is 4.74 Å². The standard InChI is InChI=1S/C8H16O2S/c1-3-5-6-8(9)10-7-11-4-2/h7,11H,3-6H2,1-2H3. The number of unbranched alkanes of at least 4 members (excludes halogenated alkanes) is 1. The highest BCUT2D eigenvalue weighted by Gasteiger charge is 1.97. The number of ether oxygens (including phenoxy) is 1. The van der Waals surface area contributed by atoms with Gasteiger partial charge in [-0.1, -0.05) is 20.3 Å². The smallest absolute Gasteiger partial charge is 0.311 e. The van der Waals surface area contributed by atoms with Gasteiger partial charge in [0.05, 0.1) is 0 Å². The van der Waals surface area contributed by atoms with Crippen molar-refractivity contribution in [3.8, 4) is 0 Å². The normalized spacial score (nSPS) is 11.1. The minimum atomic E-state index is -0.104. The van der Waals surface area contributed by atoms with Crippen LogP contribution in [0, 0.1) is 0 Å². The first-order valence-corrected chi connectivity index (χ1v) is 5.13. The van der Waals surface area contributed by atoms with Crippen LogP contribution >= 0.6 is 11.4 Å². The average molecular weight is 176 g/mol. The summed E-state index contributed by atoms with van der Waals surface area (Å²) in [7, 11) is 0. The van der Waals surface area contributed by atoms with E-state index in [9.17, 15) is 4.79 Å². The van der Waals surface area contributed by atoms with Crippen molar-refractivity contribution in [2.45, 2.75) is 33.1 Å². The highest BCUT2D eigenvalue weighted by Crippen LogP contribution is 1.95. The fourth-order valence-corrected chi connectivity index (χ4v) is 0.892. The second-order valence-corrected chi connectivity index (χ2v) is 3.41. The van der Waals surface area contributed by atoms with E-state index < -0.39 is 0 Å². The van der Waals surface area contributed by atoms with Gasteiger partial charge in [-0.3, -0.25) is 4.79 Å². The van der Waals surface area contributed by atoms with Gasteiger partial charge in [0.15, 0.2) is 0 Å². The minimum absolute atomic E-state index is 0.104. The van der Waals surface area contributed by atoms with Crippen LogP contribution in [0.4, 0.5) is 0 Å². The molecule has 0 amide bonds. The summed E-state index contributed by atoms with van der Waals surface area (Å²) >= 11 is 1.07. The summed E-state index contributed by atoms with van der Waals surface area (Å²) in [5.74, 6) is 0.897. The van der Waals surface area contributed by atoms with Gasteiger partial charge in [0.25, 0.3) is 0 Å². The molecule has 0 saturated heterocycles. The number of rotatable bonds is 5. The van der Waals surface area contributed by atoms with E-state index in [0.29, 0.717) is 6.42 Å². The van der Waals surface area contributed by atoms with Crippen molar-refractivity contribution in [3.63, 3.8) is 0 Å². The molecule has 0 aliphatic rings. The SMILES string of the molecule is CCCCC(=O)OC=[SH]CC. The molecule has 11 heavy (non-hydrogen) atoms. The minimum Gasteiger partial charge on any atom is -0.429 e. The summed E-state index contributed by atoms with van der Waals surface area (Å²) in [4.78, 5) is 10.8. The molecule has 0 radical (unpaired) electrons. The molecule has 2 nitrogen and oxygen atoms in total. The molecule has 0 spiro atoms. The zero-order valence-electron chi connectivity index (χ0n) is 7.17. The second-order valence-electron chi connectivity index (χ2n) is 2.20. The van der Waals surface area contributed by atoms with Gasteiger partial charge in [0, 0.05) is 6.42 Å². The van der Waals surface area contributed by atoms with Crippen molar-refractivity contribution in [3.05, 3.63) is 0 Å². The lowest BCUT2D eigenvalue weighted by Gasteiger charge is -1.95. The molecule has 66 valence electrons. The Balaban J connectivity index is 3.29. The molecule has 3 heteroatoms. The largest absolute Gasteiger partial charge is 0.429 e. The molecule has 0 bridgehead atoms. The maximum atomic E-state index is 10.8. The summed E-state index contributed by atoms with van der Waals surface area (Å²) in [6, 6.07) is 0. The lowest BCUT2D eigenvalue weighted by Crippen LogP contribution is -2.01. The maximum absolute atomic E-state index is 10.8. The van der Waals surface area contributed by atoms with Crippen molar-refractivity contribution in [1.29, 1.82) is 0 Å². The van der Waals surface area contributed by atoms with Crippen LogP contribution in [0.5, 0.6) is 0 Å². The maximum Gasteiger partial charge on any atom is 0.311 e. The fourth-order valence-electron chi connectivity index (χ4n) is 0.551. The van der Waals surface area contributed by atoms with E-state index in [1.807, 2.05) is 6.92 Å². The van der Waals surface area contributed by atoms with Gasteiger partial charge in [-0.2, -0.15) is 11.4 Å². The summed E-state index contributed by atoms with van der Waals surface area (Å²) in [5, 5.41) is 0. The Bertz CT molecular complexity index is 132. The van der Waals surface area contributed by atoms with Gasteiger partial charge in [0.1, 0.15) is 5.55 Å². The molecule has 0 aliphatic heterocycles. The van der Waals surface area contributed by atoms with Crippen LogP contribution in [0.1, 0.15) is 33.1 Å². The highest BCUT2D eigenvalue weighted by atomic mass is 32.1. The first kappa shape index (κ1) is 10.7. The van der Waals surface area contributed by atoms with Crippen LogP contribution in [0.15, 0.2) is 0 Å². The summed E-state index contributed by atoms with van der Waals surface area (Å²) in [6.07, 6.45) is 2.52. The van der Waals surface area contributed by atoms with Gasteiger partial charge in [-0.15, -0.1) is 0 Å². The monoisotopic (exact) mass is 176 g/mol. The molecule has 0 aromatic rings. The molecule has 0 aromatic heterocycles. The highest BCUT2D eigenvalue weighted by molar-refractivity contribution is 7.97. The fraction of sp³-hybridized carbons (Fsp3) is 0.750. The topological polar surface area (TPSA) is 26.3 Å². The first-order valence-electron chi connectivity index (χ1n) is 3.99. The Morgan fingerprint density at radius 2 is 2.27 bits per heavy atom. The number of thiol groups is 1. The van der Waals surface area contributed by atoms with Gasteiger partial charge >= 0.3 is 5.97 Å². The van der Waals surface area contributed by atoms with E-state index in [0.717, 1.165) is 29.9 Å². The van der Waals surface area contributed by atoms with Gasteiger partial charge < -0.3 is 4.74 Å². The third kappa shape index (κ3) is 7.59. The number of esters is 1. The molecular formula is C8H16O2S. The van der Waals surface area contributed by atoms with Crippen LogP contribution in [-0.2, 0) is 9.53 Å². The number of carbonyl (C=O) groups excluding carboxylic acids is 1. The number of carbonyl (C=O) groups is 1. The zero-order chi connectivity index (χ0) is 8.53. The van der Waals surface area contributed by atoms with Crippen molar-refractivity contribution in [2.24, 2.45) is 0 Å². The van der Waals surface area contributed by atoms with Crippen molar-refractivity contribution >= 4 is 22.9 Å². The lowest BCUT2D eigenvalue weighted by atomic mass is 10.3. The van der Waals surface area contributed by atoms with Crippen LogP contribution in [-0.4, -0.2) is 17.3 Å². The van der Waals surface area contributed by atoms with Crippen LogP contribution in [0.2, 0.25) is 0 Å². The molecule has 0 saturated carbocycles. The van der Waals surface area contributed by atoms with E-state index in [-0.39, 0.29) is 5.97 Å². The second kappa shape index (κ2) is 7.79. The predicted molar refractivity (Wildman–Crippen MR) is 51.2 cm³/mol. The Morgan fingerprint density at radius 1 is 1.55 bits per heavy atom. The van der Waals surface area contributed by atoms with Crippen molar-refractivity contribution in [1.82, 2.24) is 0 Å². The third-order valence-corrected chi connectivity index (χ3v) is 1.80. The van der Waals surface area contributed by atoms with Gasteiger partial charge in [-0.25, -0.2) is 0 Å². The molecule has 0 unspecified atom stereocenters. The number of hydrogen-bond acceptors (Lipinski definition) is 2. The molecule has 0 aliphatic carbocycles. The average Bonchev–Trinajstić information content (AvgIpc) is 2.01. The zero-order valence-corrected chi connectivity index (χ0v) is 8.06. The van der Waals surface area contributed by atoms with Crippen molar-refractivity contribution < 1.29 is 9.53 Å². The molecular weight excluding hydrogens is 160 g/mol. The third-order valence-electron chi connectivity index (χ3n) is 1.18. The quantitative estimate of drug-likeness (QED) is 0.394. The Kier molecular flexibility index (Phi) is 7.57. The van der Waals surface area contributed by atoms with Gasteiger partial charge in [-0.05, 0) is 12.2 Å². The molecule has 0 heterocycles. The summed E-state index contributed by atoms with van der Waals surface area (Å²) in [6.45, 7) is 4.10. The van der Waals surface area contributed by atoms with Crippen LogP contribution < -0.4 is 0 Å².